The molecule has 0 saturated carbocycles. The van der Waals surface area contributed by atoms with Crippen LogP contribution >= 0.6 is 0 Å². The third-order valence-corrected chi connectivity index (χ3v) is 2.29. The molecule has 4 N–H and O–H groups in total. The fourth-order valence-corrected chi connectivity index (χ4v) is 1.49. The third kappa shape index (κ3) is 3.71. The summed E-state index contributed by atoms with van der Waals surface area (Å²) in [6.07, 6.45) is 7.72. The lowest BCUT2D eigenvalue weighted by Gasteiger charge is -2.04. The Bertz CT molecular complexity index is 308. The summed E-state index contributed by atoms with van der Waals surface area (Å²) >= 11 is 0. The van der Waals surface area contributed by atoms with Gasteiger partial charge >= 0.3 is 0 Å². The van der Waals surface area contributed by atoms with Gasteiger partial charge in [0.2, 0.25) is 0 Å². The van der Waals surface area contributed by atoms with Crippen molar-refractivity contribution in [2.45, 2.75) is 32.2 Å². The number of carbonyl (C=O) groups is 1. The Hall–Kier alpha value is -1.36. The first-order valence-electron chi connectivity index (χ1n) is 5.26. The van der Waals surface area contributed by atoms with Gasteiger partial charge in [-0.25, -0.2) is 4.98 Å². The molecule has 1 heterocycles. The standard InChI is InChI=1S/C10H18N4O/c11-5-3-1-2-4-7-14-8-6-13-10(14)9(12)15/h6,8H,1-5,7,11H2,(H2,12,15). The number of rotatable bonds is 7. The van der Waals surface area contributed by atoms with Gasteiger partial charge in [-0.05, 0) is 19.4 Å². The molecule has 15 heavy (non-hydrogen) atoms. The lowest BCUT2D eigenvalue weighted by molar-refractivity contribution is 0.0986. The highest BCUT2D eigenvalue weighted by Gasteiger charge is 2.07. The van der Waals surface area contributed by atoms with E-state index in [4.69, 9.17) is 11.5 Å². The third-order valence-electron chi connectivity index (χ3n) is 2.29. The second kappa shape index (κ2) is 6.19. The molecular weight excluding hydrogens is 192 g/mol. The van der Waals surface area contributed by atoms with Gasteiger partial charge in [-0.2, -0.15) is 0 Å². The van der Waals surface area contributed by atoms with Crippen molar-refractivity contribution < 1.29 is 4.79 Å². The average molecular weight is 210 g/mol. The molecule has 0 radical (unpaired) electrons. The van der Waals surface area contributed by atoms with Crippen LogP contribution < -0.4 is 11.5 Å². The Morgan fingerprint density at radius 2 is 2.07 bits per heavy atom. The number of carbonyl (C=O) groups excluding carboxylic acids is 1. The summed E-state index contributed by atoms with van der Waals surface area (Å²) in [6, 6.07) is 0. The molecule has 0 aromatic carbocycles. The van der Waals surface area contributed by atoms with E-state index in [1.54, 1.807) is 17.0 Å². The minimum Gasteiger partial charge on any atom is -0.363 e. The number of primary amides is 1. The largest absolute Gasteiger partial charge is 0.363 e. The fourth-order valence-electron chi connectivity index (χ4n) is 1.49. The van der Waals surface area contributed by atoms with Crippen molar-refractivity contribution in [2.75, 3.05) is 6.54 Å². The molecule has 1 aromatic rings. The lowest BCUT2D eigenvalue weighted by Crippen LogP contribution is -2.18. The van der Waals surface area contributed by atoms with Crippen LogP contribution in [0.2, 0.25) is 0 Å². The lowest BCUT2D eigenvalue weighted by atomic mass is 10.2. The molecule has 0 aliphatic carbocycles. The molecule has 0 atom stereocenters. The topological polar surface area (TPSA) is 86.9 Å². The molecule has 0 aliphatic heterocycles. The van der Waals surface area contributed by atoms with Crippen LogP contribution in [0, 0.1) is 0 Å². The number of aryl methyl sites for hydroxylation is 1. The number of aromatic nitrogens is 2. The van der Waals surface area contributed by atoms with Gasteiger partial charge in [0, 0.05) is 18.9 Å². The zero-order valence-electron chi connectivity index (χ0n) is 8.85. The number of imidazole rings is 1. The van der Waals surface area contributed by atoms with E-state index in [-0.39, 0.29) is 0 Å². The summed E-state index contributed by atoms with van der Waals surface area (Å²) in [4.78, 5) is 14.8. The number of hydrogen-bond donors (Lipinski definition) is 2. The molecule has 1 amide bonds. The summed E-state index contributed by atoms with van der Waals surface area (Å²) < 4.78 is 1.80. The summed E-state index contributed by atoms with van der Waals surface area (Å²) in [5, 5.41) is 0. The number of nitrogens with two attached hydrogens (primary N) is 2. The summed E-state index contributed by atoms with van der Waals surface area (Å²) in [7, 11) is 0. The van der Waals surface area contributed by atoms with E-state index in [1.807, 2.05) is 0 Å². The molecule has 5 heteroatoms. The second-order valence-corrected chi connectivity index (χ2v) is 3.51. The minimum atomic E-state index is -0.470. The highest BCUT2D eigenvalue weighted by molar-refractivity contribution is 5.89. The van der Waals surface area contributed by atoms with E-state index in [2.05, 4.69) is 4.98 Å². The Kier molecular flexibility index (Phi) is 4.83. The number of nitrogens with zero attached hydrogens (tertiary/aromatic N) is 2. The Morgan fingerprint density at radius 3 is 2.73 bits per heavy atom. The molecular formula is C10H18N4O. The predicted molar refractivity (Wildman–Crippen MR) is 58.3 cm³/mol. The van der Waals surface area contributed by atoms with Crippen LogP contribution in [-0.2, 0) is 6.54 Å². The minimum absolute atomic E-state index is 0.342. The molecule has 0 fully saturated rings. The maximum atomic E-state index is 10.9. The van der Waals surface area contributed by atoms with Gasteiger partial charge in [0.05, 0.1) is 0 Å². The van der Waals surface area contributed by atoms with E-state index in [1.165, 1.54) is 0 Å². The van der Waals surface area contributed by atoms with E-state index < -0.39 is 5.91 Å². The monoisotopic (exact) mass is 210 g/mol. The van der Waals surface area contributed by atoms with E-state index in [9.17, 15) is 4.79 Å². The molecule has 0 aliphatic rings. The van der Waals surface area contributed by atoms with E-state index >= 15 is 0 Å². The van der Waals surface area contributed by atoms with E-state index in [0.717, 1.165) is 38.8 Å². The molecule has 84 valence electrons. The number of unbranched alkanes of at least 4 members (excludes halogenated alkanes) is 3. The zero-order chi connectivity index (χ0) is 11.1. The Balaban J connectivity index is 2.31. The fraction of sp³-hybridized carbons (Fsp3) is 0.600. The van der Waals surface area contributed by atoms with Crippen LogP contribution in [0.4, 0.5) is 0 Å². The van der Waals surface area contributed by atoms with Crippen molar-refractivity contribution in [1.82, 2.24) is 9.55 Å². The molecule has 1 rings (SSSR count). The maximum Gasteiger partial charge on any atom is 0.284 e. The van der Waals surface area contributed by atoms with E-state index in [0.29, 0.717) is 5.82 Å². The van der Waals surface area contributed by atoms with Crippen LogP contribution in [0.1, 0.15) is 36.3 Å². The van der Waals surface area contributed by atoms with Gasteiger partial charge in [0.25, 0.3) is 5.91 Å². The van der Waals surface area contributed by atoms with Crippen LogP contribution in [0.25, 0.3) is 0 Å². The van der Waals surface area contributed by atoms with Crippen molar-refractivity contribution in [3.05, 3.63) is 18.2 Å². The number of hydrogen-bond acceptors (Lipinski definition) is 3. The van der Waals surface area contributed by atoms with Gasteiger partial charge in [-0.15, -0.1) is 0 Å². The highest BCUT2D eigenvalue weighted by atomic mass is 16.1. The maximum absolute atomic E-state index is 10.9. The first-order chi connectivity index (χ1) is 7.25. The van der Waals surface area contributed by atoms with Gasteiger partial charge in [0.15, 0.2) is 5.82 Å². The molecule has 5 nitrogen and oxygen atoms in total. The van der Waals surface area contributed by atoms with Crippen molar-refractivity contribution in [3.63, 3.8) is 0 Å². The second-order valence-electron chi connectivity index (χ2n) is 3.51. The summed E-state index contributed by atoms with van der Waals surface area (Å²) in [6.45, 7) is 1.54. The predicted octanol–water partition coefficient (Wildman–Crippen LogP) is 0.501. The van der Waals surface area contributed by atoms with Crippen molar-refractivity contribution in [1.29, 1.82) is 0 Å². The van der Waals surface area contributed by atoms with Gasteiger partial charge in [0.1, 0.15) is 0 Å². The van der Waals surface area contributed by atoms with Crippen molar-refractivity contribution >= 4 is 5.91 Å². The van der Waals surface area contributed by atoms with Gasteiger partial charge in [-0.3, -0.25) is 4.79 Å². The first-order valence-corrected chi connectivity index (χ1v) is 5.26. The summed E-state index contributed by atoms with van der Waals surface area (Å²) in [5.41, 5.74) is 10.6. The quantitative estimate of drug-likeness (QED) is 0.642. The highest BCUT2D eigenvalue weighted by Crippen LogP contribution is 2.04. The SMILES string of the molecule is NCCCCCCn1ccnc1C(N)=O. The van der Waals surface area contributed by atoms with Crippen LogP contribution in [0.15, 0.2) is 12.4 Å². The normalized spacial score (nSPS) is 10.5. The van der Waals surface area contributed by atoms with Crippen LogP contribution in [-0.4, -0.2) is 22.0 Å². The average Bonchev–Trinajstić information content (AvgIpc) is 2.66. The molecule has 1 aromatic heterocycles. The Morgan fingerprint density at radius 1 is 1.33 bits per heavy atom. The molecule has 0 bridgehead atoms. The van der Waals surface area contributed by atoms with Crippen LogP contribution in [0.3, 0.4) is 0 Å². The molecule has 0 unspecified atom stereocenters. The van der Waals surface area contributed by atoms with Crippen molar-refractivity contribution in [2.24, 2.45) is 11.5 Å². The molecule has 0 saturated heterocycles. The smallest absolute Gasteiger partial charge is 0.284 e. The van der Waals surface area contributed by atoms with Gasteiger partial charge in [-0.1, -0.05) is 12.8 Å². The molecule has 0 spiro atoms. The number of amides is 1. The first kappa shape index (κ1) is 11.7. The van der Waals surface area contributed by atoms with Crippen LogP contribution in [0.5, 0.6) is 0 Å². The summed E-state index contributed by atoms with van der Waals surface area (Å²) in [5.74, 6) is -0.129. The zero-order valence-corrected chi connectivity index (χ0v) is 8.85. The van der Waals surface area contributed by atoms with Gasteiger partial charge < -0.3 is 16.0 Å². The van der Waals surface area contributed by atoms with Crippen molar-refractivity contribution in [3.8, 4) is 0 Å². The Labute approximate surface area is 89.5 Å².